The average molecular weight is 236 g/mol. The van der Waals surface area contributed by atoms with E-state index >= 15 is 0 Å². The summed E-state index contributed by atoms with van der Waals surface area (Å²) >= 11 is 0. The summed E-state index contributed by atoms with van der Waals surface area (Å²) < 4.78 is 10.5. The molecule has 3 nitrogen and oxygen atoms in total. The van der Waals surface area contributed by atoms with Crippen molar-refractivity contribution >= 4 is 0 Å². The van der Waals surface area contributed by atoms with Gasteiger partial charge in [0.15, 0.2) is 0 Å². The fraction of sp³-hybridized carbons (Fsp3) is 0.429. The zero-order chi connectivity index (χ0) is 12.7. The van der Waals surface area contributed by atoms with Crippen LogP contribution in [0.2, 0.25) is 0 Å². The zero-order valence-electron chi connectivity index (χ0n) is 10.4. The second kappa shape index (κ2) is 7.09. The van der Waals surface area contributed by atoms with Crippen LogP contribution in [-0.2, 0) is 11.3 Å². The molecule has 0 heterocycles. The van der Waals surface area contributed by atoms with Crippen molar-refractivity contribution in [3.8, 4) is 5.75 Å². The minimum Gasteiger partial charge on any atom is -0.497 e. The van der Waals surface area contributed by atoms with Crippen LogP contribution < -0.4 is 4.74 Å². The van der Waals surface area contributed by atoms with E-state index in [-0.39, 0.29) is 5.92 Å². The molecule has 0 aliphatic heterocycles. The molecule has 1 aromatic rings. The molecule has 0 amide bonds. The van der Waals surface area contributed by atoms with Gasteiger partial charge < -0.3 is 14.6 Å². The Kier molecular flexibility index (Phi) is 5.73. The second-order valence-electron chi connectivity index (χ2n) is 4.03. The quantitative estimate of drug-likeness (QED) is 0.739. The Morgan fingerprint density at radius 1 is 1.35 bits per heavy atom. The zero-order valence-corrected chi connectivity index (χ0v) is 10.4. The number of ether oxygens (including phenoxy) is 2. The van der Waals surface area contributed by atoms with Crippen molar-refractivity contribution in [2.24, 2.45) is 5.92 Å². The Balaban J connectivity index is 2.32. The standard InChI is InChI=1S/C14H20O3/c1-4-11(2)14(15)10-17-9-12-5-7-13(16-3)8-6-12/h4-8,11,14-15H,1,9-10H2,2-3H3/t11-,14-/m1/s1. The molecule has 0 saturated carbocycles. The van der Waals surface area contributed by atoms with E-state index in [2.05, 4.69) is 6.58 Å². The van der Waals surface area contributed by atoms with Crippen LogP contribution in [0, 0.1) is 5.92 Å². The van der Waals surface area contributed by atoms with Gasteiger partial charge in [0.05, 0.1) is 26.4 Å². The van der Waals surface area contributed by atoms with Gasteiger partial charge in [0.25, 0.3) is 0 Å². The number of hydrogen-bond acceptors (Lipinski definition) is 3. The van der Waals surface area contributed by atoms with E-state index in [1.165, 1.54) is 0 Å². The van der Waals surface area contributed by atoms with Crippen molar-refractivity contribution in [3.63, 3.8) is 0 Å². The first-order valence-corrected chi connectivity index (χ1v) is 5.68. The van der Waals surface area contributed by atoms with E-state index in [1.807, 2.05) is 31.2 Å². The SMILES string of the molecule is C=C[C@@H](C)[C@H](O)COCc1ccc(OC)cc1. The highest BCUT2D eigenvalue weighted by Crippen LogP contribution is 2.12. The van der Waals surface area contributed by atoms with Crippen LogP contribution in [0.4, 0.5) is 0 Å². The summed E-state index contributed by atoms with van der Waals surface area (Å²) in [4.78, 5) is 0. The van der Waals surface area contributed by atoms with Crippen molar-refractivity contribution in [1.29, 1.82) is 0 Å². The summed E-state index contributed by atoms with van der Waals surface area (Å²) in [6.45, 7) is 6.36. The summed E-state index contributed by atoms with van der Waals surface area (Å²) in [5.74, 6) is 0.875. The van der Waals surface area contributed by atoms with Crippen LogP contribution in [0.1, 0.15) is 12.5 Å². The maximum atomic E-state index is 9.66. The first-order chi connectivity index (χ1) is 8.17. The van der Waals surface area contributed by atoms with Crippen molar-refractivity contribution in [1.82, 2.24) is 0 Å². The molecule has 0 aliphatic rings. The van der Waals surface area contributed by atoms with Crippen molar-refractivity contribution in [2.45, 2.75) is 19.6 Å². The highest BCUT2D eigenvalue weighted by Gasteiger charge is 2.10. The van der Waals surface area contributed by atoms with Gasteiger partial charge in [0.1, 0.15) is 5.75 Å². The van der Waals surface area contributed by atoms with Crippen LogP contribution >= 0.6 is 0 Å². The normalized spacial score (nSPS) is 14.1. The molecule has 0 radical (unpaired) electrons. The Labute approximate surface area is 103 Å². The fourth-order valence-corrected chi connectivity index (χ4v) is 1.33. The molecule has 17 heavy (non-hydrogen) atoms. The lowest BCUT2D eigenvalue weighted by atomic mass is 10.1. The molecule has 3 heteroatoms. The third kappa shape index (κ3) is 4.59. The second-order valence-corrected chi connectivity index (χ2v) is 4.03. The molecular formula is C14H20O3. The number of hydrogen-bond donors (Lipinski definition) is 1. The Bertz CT molecular complexity index is 332. The number of methoxy groups -OCH3 is 1. The van der Waals surface area contributed by atoms with Crippen molar-refractivity contribution < 1.29 is 14.6 Å². The minimum atomic E-state index is -0.495. The van der Waals surface area contributed by atoms with Gasteiger partial charge in [-0.15, -0.1) is 6.58 Å². The predicted octanol–water partition coefficient (Wildman–Crippen LogP) is 2.39. The monoisotopic (exact) mass is 236 g/mol. The summed E-state index contributed by atoms with van der Waals surface area (Å²) in [6.07, 6.45) is 1.23. The van der Waals surface area contributed by atoms with E-state index < -0.39 is 6.10 Å². The Hall–Kier alpha value is -1.32. The molecule has 1 N–H and O–H groups in total. The van der Waals surface area contributed by atoms with E-state index in [0.29, 0.717) is 13.2 Å². The highest BCUT2D eigenvalue weighted by atomic mass is 16.5. The smallest absolute Gasteiger partial charge is 0.118 e. The lowest BCUT2D eigenvalue weighted by Crippen LogP contribution is -2.22. The molecule has 0 bridgehead atoms. The van der Waals surface area contributed by atoms with E-state index in [4.69, 9.17) is 9.47 Å². The summed E-state index contributed by atoms with van der Waals surface area (Å²) in [5.41, 5.74) is 1.06. The largest absolute Gasteiger partial charge is 0.497 e. The number of rotatable bonds is 7. The Morgan fingerprint density at radius 3 is 2.53 bits per heavy atom. The lowest BCUT2D eigenvalue weighted by Gasteiger charge is -2.15. The molecule has 94 valence electrons. The molecule has 0 unspecified atom stereocenters. The topological polar surface area (TPSA) is 38.7 Å². The van der Waals surface area contributed by atoms with Gasteiger partial charge in [-0.1, -0.05) is 25.1 Å². The third-order valence-corrected chi connectivity index (χ3v) is 2.70. The van der Waals surface area contributed by atoms with E-state index in [9.17, 15) is 5.11 Å². The van der Waals surface area contributed by atoms with Crippen LogP contribution in [0.15, 0.2) is 36.9 Å². The first-order valence-electron chi connectivity index (χ1n) is 5.68. The predicted molar refractivity (Wildman–Crippen MR) is 68.0 cm³/mol. The average Bonchev–Trinajstić information content (AvgIpc) is 2.38. The molecule has 2 atom stereocenters. The molecule has 0 saturated heterocycles. The van der Waals surface area contributed by atoms with E-state index in [1.54, 1.807) is 13.2 Å². The third-order valence-electron chi connectivity index (χ3n) is 2.70. The fourth-order valence-electron chi connectivity index (χ4n) is 1.33. The maximum Gasteiger partial charge on any atom is 0.118 e. The number of benzene rings is 1. The van der Waals surface area contributed by atoms with Crippen molar-refractivity contribution in [3.05, 3.63) is 42.5 Å². The number of aliphatic hydroxyl groups is 1. The van der Waals surface area contributed by atoms with Crippen LogP contribution in [-0.4, -0.2) is 24.9 Å². The highest BCUT2D eigenvalue weighted by molar-refractivity contribution is 5.26. The van der Waals surface area contributed by atoms with Crippen LogP contribution in [0.3, 0.4) is 0 Å². The molecule has 1 rings (SSSR count). The summed E-state index contributed by atoms with van der Waals surface area (Å²) in [7, 11) is 1.64. The van der Waals surface area contributed by atoms with Crippen LogP contribution in [0.5, 0.6) is 5.75 Å². The molecule has 0 spiro atoms. The first kappa shape index (κ1) is 13.7. The lowest BCUT2D eigenvalue weighted by molar-refractivity contribution is 0.0118. The minimum absolute atomic E-state index is 0.0471. The van der Waals surface area contributed by atoms with Gasteiger partial charge in [-0.05, 0) is 17.7 Å². The molecule has 0 aromatic heterocycles. The Morgan fingerprint density at radius 2 is 2.00 bits per heavy atom. The van der Waals surface area contributed by atoms with Gasteiger partial charge in [-0.25, -0.2) is 0 Å². The molecular weight excluding hydrogens is 216 g/mol. The van der Waals surface area contributed by atoms with Gasteiger partial charge in [-0.3, -0.25) is 0 Å². The van der Waals surface area contributed by atoms with Crippen molar-refractivity contribution in [2.75, 3.05) is 13.7 Å². The van der Waals surface area contributed by atoms with Gasteiger partial charge in [-0.2, -0.15) is 0 Å². The van der Waals surface area contributed by atoms with Gasteiger partial charge in [0.2, 0.25) is 0 Å². The number of aliphatic hydroxyl groups excluding tert-OH is 1. The van der Waals surface area contributed by atoms with Gasteiger partial charge in [0, 0.05) is 5.92 Å². The molecule has 0 fully saturated rings. The van der Waals surface area contributed by atoms with Gasteiger partial charge >= 0.3 is 0 Å². The van der Waals surface area contributed by atoms with E-state index in [0.717, 1.165) is 11.3 Å². The molecule has 1 aromatic carbocycles. The summed E-state index contributed by atoms with van der Waals surface area (Å²) in [6, 6.07) is 7.67. The molecule has 0 aliphatic carbocycles. The summed E-state index contributed by atoms with van der Waals surface area (Å²) in [5, 5.41) is 9.66. The van der Waals surface area contributed by atoms with Crippen LogP contribution in [0.25, 0.3) is 0 Å². The maximum absolute atomic E-state index is 9.66.